The number of ether oxygens (including phenoxy) is 3. The quantitative estimate of drug-likeness (QED) is 0.129. The van der Waals surface area contributed by atoms with Crippen molar-refractivity contribution < 1.29 is 28.9 Å². The number of anilines is 1. The lowest BCUT2D eigenvalue weighted by molar-refractivity contribution is -0.132. The number of carbonyl (C=O) groups is 2. The van der Waals surface area contributed by atoms with Gasteiger partial charge in [-0.2, -0.15) is 0 Å². The van der Waals surface area contributed by atoms with Crippen molar-refractivity contribution >= 4 is 34.7 Å². The molecule has 1 fully saturated rings. The highest BCUT2D eigenvalue weighted by atomic mass is 35.5. The van der Waals surface area contributed by atoms with Crippen LogP contribution in [-0.2, 0) is 9.59 Å². The number of ketones is 1. The minimum atomic E-state index is -0.938. The first-order chi connectivity index (χ1) is 18.8. The molecule has 1 aliphatic heterocycles. The molecular formula is C31H32ClNO6. The largest absolute Gasteiger partial charge is 0.507 e. The Kier molecular flexibility index (Phi) is 8.82. The molecule has 1 saturated heterocycles. The molecule has 7 nitrogen and oxygen atoms in total. The summed E-state index contributed by atoms with van der Waals surface area (Å²) in [5, 5.41) is 11.9. The molecule has 4 rings (SSSR count). The Hall–Kier alpha value is -3.97. The van der Waals surface area contributed by atoms with E-state index in [1.807, 2.05) is 6.92 Å². The maximum Gasteiger partial charge on any atom is 0.300 e. The topological polar surface area (TPSA) is 85.3 Å². The predicted molar refractivity (Wildman–Crippen MR) is 152 cm³/mol. The molecule has 1 atom stereocenters. The molecule has 0 aromatic heterocycles. The van der Waals surface area contributed by atoms with Gasteiger partial charge in [0.25, 0.3) is 11.7 Å². The molecule has 3 aromatic rings. The van der Waals surface area contributed by atoms with Gasteiger partial charge in [0.1, 0.15) is 11.5 Å². The molecule has 1 aliphatic rings. The first kappa shape index (κ1) is 28.0. The number of Topliss-reactive ketones (excluding diaryl/α,β-unsaturated/α-hetero) is 1. The van der Waals surface area contributed by atoms with Gasteiger partial charge in [0.05, 0.1) is 32.4 Å². The molecule has 0 aliphatic carbocycles. The number of aryl methyl sites for hydroxylation is 1. The van der Waals surface area contributed by atoms with Crippen LogP contribution in [0.5, 0.6) is 17.2 Å². The molecule has 3 aromatic carbocycles. The van der Waals surface area contributed by atoms with Crippen molar-refractivity contribution in [1.29, 1.82) is 0 Å². The molecule has 0 saturated carbocycles. The summed E-state index contributed by atoms with van der Waals surface area (Å²) >= 11 is 6.29. The standard InChI is InChI=1S/C31H32ClNO6/c1-5-6-7-16-39-23-13-9-20(10-14-23)29(34)27-28(21-11-15-25(37-3)26(17-21)38-4)33(31(36)30(27)35)24-18-22(32)12-8-19(24)2/h8-15,17-18,28,34H,5-7,16H2,1-4H3/b29-27+. The Labute approximate surface area is 233 Å². The van der Waals surface area contributed by atoms with Crippen molar-refractivity contribution in [3.63, 3.8) is 0 Å². The van der Waals surface area contributed by atoms with Crippen LogP contribution in [0.4, 0.5) is 5.69 Å². The molecule has 1 heterocycles. The minimum absolute atomic E-state index is 0.0387. The van der Waals surface area contributed by atoms with Gasteiger partial charge in [0, 0.05) is 16.3 Å². The summed E-state index contributed by atoms with van der Waals surface area (Å²) in [6.07, 6.45) is 3.14. The number of unbranched alkanes of at least 4 members (excludes halogenated alkanes) is 2. The Morgan fingerprint density at radius 3 is 2.33 bits per heavy atom. The lowest BCUT2D eigenvalue weighted by Gasteiger charge is -2.27. The molecule has 204 valence electrons. The number of methoxy groups -OCH3 is 2. The lowest BCUT2D eigenvalue weighted by atomic mass is 9.94. The molecule has 1 unspecified atom stereocenters. The van der Waals surface area contributed by atoms with Crippen LogP contribution in [0.3, 0.4) is 0 Å². The highest BCUT2D eigenvalue weighted by Crippen LogP contribution is 2.45. The highest BCUT2D eigenvalue weighted by molar-refractivity contribution is 6.52. The van der Waals surface area contributed by atoms with Gasteiger partial charge in [-0.15, -0.1) is 0 Å². The first-order valence-electron chi connectivity index (χ1n) is 12.8. The van der Waals surface area contributed by atoms with Crippen LogP contribution < -0.4 is 19.1 Å². The Bertz CT molecular complexity index is 1400. The smallest absolute Gasteiger partial charge is 0.300 e. The van der Waals surface area contributed by atoms with Gasteiger partial charge in [0.15, 0.2) is 11.5 Å². The van der Waals surface area contributed by atoms with Crippen molar-refractivity contribution in [3.8, 4) is 17.2 Å². The van der Waals surface area contributed by atoms with Crippen LogP contribution >= 0.6 is 11.6 Å². The summed E-state index contributed by atoms with van der Waals surface area (Å²) in [6, 6.07) is 16.2. The SMILES string of the molecule is CCCCCOc1ccc(/C(O)=C2\C(=O)C(=O)N(c3cc(Cl)ccc3C)C2c2ccc(OC)c(OC)c2)cc1. The zero-order valence-electron chi connectivity index (χ0n) is 22.5. The van der Waals surface area contributed by atoms with Crippen molar-refractivity contribution in [3.05, 3.63) is 87.9 Å². The highest BCUT2D eigenvalue weighted by Gasteiger charge is 2.47. The number of rotatable bonds is 10. The van der Waals surface area contributed by atoms with Gasteiger partial charge in [0.2, 0.25) is 0 Å². The van der Waals surface area contributed by atoms with Crippen LogP contribution in [0.25, 0.3) is 5.76 Å². The molecule has 1 amide bonds. The van der Waals surface area contributed by atoms with E-state index in [1.54, 1.807) is 60.7 Å². The van der Waals surface area contributed by atoms with Crippen molar-refractivity contribution in [2.45, 2.75) is 39.2 Å². The number of aliphatic hydroxyl groups excluding tert-OH is 1. The van der Waals surface area contributed by atoms with Gasteiger partial charge in [-0.25, -0.2) is 0 Å². The van der Waals surface area contributed by atoms with Gasteiger partial charge < -0.3 is 19.3 Å². The number of nitrogens with zero attached hydrogens (tertiary/aromatic N) is 1. The zero-order chi connectivity index (χ0) is 28.1. The number of carbonyl (C=O) groups excluding carboxylic acids is 2. The maximum atomic E-state index is 13.5. The number of halogens is 1. The van der Waals surface area contributed by atoms with E-state index in [1.165, 1.54) is 19.1 Å². The fourth-order valence-electron chi connectivity index (χ4n) is 4.67. The number of hydrogen-bond donors (Lipinski definition) is 1. The number of aliphatic hydroxyl groups is 1. The van der Waals surface area contributed by atoms with E-state index in [2.05, 4.69) is 6.92 Å². The molecule has 8 heteroatoms. The van der Waals surface area contributed by atoms with Gasteiger partial charge in [-0.05, 0) is 73.0 Å². The molecule has 0 radical (unpaired) electrons. The van der Waals surface area contributed by atoms with Crippen molar-refractivity contribution in [2.24, 2.45) is 0 Å². The van der Waals surface area contributed by atoms with E-state index >= 15 is 0 Å². The molecule has 0 spiro atoms. The third-order valence-electron chi connectivity index (χ3n) is 6.74. The van der Waals surface area contributed by atoms with Crippen LogP contribution in [0.15, 0.2) is 66.2 Å². The molecule has 0 bridgehead atoms. The summed E-state index contributed by atoms with van der Waals surface area (Å²) in [4.78, 5) is 28.4. The van der Waals surface area contributed by atoms with E-state index < -0.39 is 17.7 Å². The fourth-order valence-corrected chi connectivity index (χ4v) is 4.83. The summed E-state index contributed by atoms with van der Waals surface area (Å²) in [5.74, 6) is -0.272. The maximum absolute atomic E-state index is 13.5. The third-order valence-corrected chi connectivity index (χ3v) is 6.98. The van der Waals surface area contributed by atoms with Gasteiger partial charge in [-0.1, -0.05) is 43.5 Å². The second kappa shape index (κ2) is 12.3. The van der Waals surface area contributed by atoms with Gasteiger partial charge >= 0.3 is 0 Å². The fraction of sp³-hybridized carbons (Fsp3) is 0.290. The zero-order valence-corrected chi connectivity index (χ0v) is 23.2. The van der Waals surface area contributed by atoms with E-state index in [9.17, 15) is 14.7 Å². The summed E-state index contributed by atoms with van der Waals surface area (Å²) in [7, 11) is 3.03. The Balaban J connectivity index is 1.84. The van der Waals surface area contributed by atoms with Crippen molar-refractivity contribution in [2.75, 3.05) is 25.7 Å². The Morgan fingerprint density at radius 2 is 1.67 bits per heavy atom. The number of hydrogen-bond acceptors (Lipinski definition) is 6. The van der Waals surface area contributed by atoms with E-state index in [0.29, 0.717) is 45.7 Å². The lowest BCUT2D eigenvalue weighted by Crippen LogP contribution is -2.30. The third kappa shape index (κ3) is 5.73. The van der Waals surface area contributed by atoms with E-state index in [4.69, 9.17) is 25.8 Å². The monoisotopic (exact) mass is 549 g/mol. The predicted octanol–water partition coefficient (Wildman–Crippen LogP) is 6.86. The summed E-state index contributed by atoms with van der Waals surface area (Å²) in [6.45, 7) is 4.56. The van der Waals surface area contributed by atoms with Crippen LogP contribution in [0.2, 0.25) is 5.02 Å². The van der Waals surface area contributed by atoms with Crippen LogP contribution in [0, 0.1) is 6.92 Å². The Morgan fingerprint density at radius 1 is 0.949 bits per heavy atom. The molecule has 39 heavy (non-hydrogen) atoms. The average molecular weight is 550 g/mol. The first-order valence-corrected chi connectivity index (χ1v) is 13.2. The molecule has 1 N–H and O–H groups in total. The van der Waals surface area contributed by atoms with Crippen LogP contribution in [0.1, 0.15) is 48.9 Å². The van der Waals surface area contributed by atoms with Crippen molar-refractivity contribution in [1.82, 2.24) is 0 Å². The second-order valence-corrected chi connectivity index (χ2v) is 9.73. The van der Waals surface area contributed by atoms with E-state index in [-0.39, 0.29) is 11.3 Å². The normalized spacial score (nSPS) is 16.4. The van der Waals surface area contributed by atoms with E-state index in [0.717, 1.165) is 24.8 Å². The average Bonchev–Trinajstić information content (AvgIpc) is 3.21. The van der Waals surface area contributed by atoms with Gasteiger partial charge in [-0.3, -0.25) is 14.5 Å². The number of benzene rings is 3. The summed E-state index contributed by atoms with van der Waals surface area (Å²) in [5.41, 5.74) is 2.13. The molecular weight excluding hydrogens is 518 g/mol. The minimum Gasteiger partial charge on any atom is -0.507 e. The summed E-state index contributed by atoms with van der Waals surface area (Å²) < 4.78 is 16.6. The second-order valence-electron chi connectivity index (χ2n) is 9.29. The number of amides is 1. The van der Waals surface area contributed by atoms with Crippen LogP contribution in [-0.4, -0.2) is 37.6 Å².